The molecule has 18 heavy (non-hydrogen) atoms. The molecule has 0 saturated carbocycles. The predicted molar refractivity (Wildman–Crippen MR) is 61.0 cm³/mol. The molecule has 1 aromatic carbocycles. The van der Waals surface area contributed by atoms with Crippen LogP contribution in [0.5, 0.6) is 0 Å². The Morgan fingerprint density at radius 3 is 2.61 bits per heavy atom. The number of aromatic nitrogens is 2. The molecule has 1 amide bonds. The van der Waals surface area contributed by atoms with E-state index in [4.69, 9.17) is 0 Å². The highest BCUT2D eigenvalue weighted by Gasteiger charge is 2.08. The van der Waals surface area contributed by atoms with Crippen LogP contribution in [0.1, 0.15) is 16.1 Å². The molecule has 0 aliphatic carbocycles. The van der Waals surface area contributed by atoms with Crippen LogP contribution < -0.4 is 5.32 Å². The zero-order valence-corrected chi connectivity index (χ0v) is 9.41. The minimum absolute atomic E-state index is 0.0305. The fourth-order valence-corrected chi connectivity index (χ4v) is 1.52. The predicted octanol–water partition coefficient (Wildman–Crippen LogP) is 1.66. The summed E-state index contributed by atoms with van der Waals surface area (Å²) in [6, 6.07) is 2.71. The van der Waals surface area contributed by atoms with Gasteiger partial charge in [-0.05, 0) is 12.1 Å². The number of benzene rings is 1. The molecule has 2 rings (SSSR count). The van der Waals surface area contributed by atoms with Gasteiger partial charge in [0, 0.05) is 36.5 Å². The molecule has 1 aromatic heterocycles. The van der Waals surface area contributed by atoms with Gasteiger partial charge in [-0.15, -0.1) is 0 Å². The summed E-state index contributed by atoms with van der Waals surface area (Å²) in [5, 5.41) is 2.57. The van der Waals surface area contributed by atoms with E-state index in [1.165, 1.54) is 0 Å². The molecule has 0 unspecified atom stereocenters. The van der Waals surface area contributed by atoms with Crippen LogP contribution in [-0.2, 0) is 6.42 Å². The largest absolute Gasteiger partial charge is 0.352 e. The third-order valence-corrected chi connectivity index (χ3v) is 2.36. The average molecular weight is 251 g/mol. The van der Waals surface area contributed by atoms with E-state index < -0.39 is 17.5 Å². The Morgan fingerprint density at radius 2 is 2.00 bits per heavy atom. The lowest BCUT2D eigenvalue weighted by Gasteiger charge is -2.04. The van der Waals surface area contributed by atoms with E-state index in [0.717, 1.165) is 23.9 Å². The average Bonchev–Trinajstić information content (AvgIpc) is 2.80. The van der Waals surface area contributed by atoms with Gasteiger partial charge in [-0.3, -0.25) is 4.79 Å². The maximum Gasteiger partial charge on any atom is 0.251 e. The van der Waals surface area contributed by atoms with Gasteiger partial charge in [0.25, 0.3) is 5.91 Å². The van der Waals surface area contributed by atoms with E-state index in [1.54, 1.807) is 12.5 Å². The molecule has 0 spiro atoms. The number of amides is 1. The zero-order chi connectivity index (χ0) is 13.0. The second kappa shape index (κ2) is 5.39. The lowest BCUT2D eigenvalue weighted by atomic mass is 10.2. The highest BCUT2D eigenvalue weighted by molar-refractivity contribution is 5.94. The second-order valence-corrected chi connectivity index (χ2v) is 3.74. The van der Waals surface area contributed by atoms with Crippen LogP contribution in [0.25, 0.3) is 0 Å². The fourth-order valence-electron chi connectivity index (χ4n) is 1.52. The molecule has 0 fully saturated rings. The van der Waals surface area contributed by atoms with Crippen molar-refractivity contribution in [3.8, 4) is 0 Å². The van der Waals surface area contributed by atoms with Crippen molar-refractivity contribution in [2.75, 3.05) is 6.54 Å². The first-order valence-electron chi connectivity index (χ1n) is 5.36. The monoisotopic (exact) mass is 251 g/mol. The quantitative estimate of drug-likeness (QED) is 0.868. The number of aromatic amines is 1. The van der Waals surface area contributed by atoms with Crippen molar-refractivity contribution in [1.82, 2.24) is 15.3 Å². The van der Waals surface area contributed by atoms with Crippen molar-refractivity contribution < 1.29 is 13.6 Å². The van der Waals surface area contributed by atoms with Crippen molar-refractivity contribution >= 4 is 5.91 Å². The lowest BCUT2D eigenvalue weighted by molar-refractivity contribution is 0.0953. The fraction of sp³-hybridized carbons (Fsp3) is 0.167. The Kier molecular flexibility index (Phi) is 3.66. The number of carbonyl (C=O) groups excluding carboxylic acids is 1. The third-order valence-electron chi connectivity index (χ3n) is 2.36. The molecule has 4 nitrogen and oxygen atoms in total. The standard InChI is InChI=1S/C12H11F2N3O/c13-9-3-8(4-10(14)5-9)12(18)16-2-1-11-6-15-7-17-11/h3-7H,1-2H2,(H,15,17)(H,16,18). The lowest BCUT2D eigenvalue weighted by Crippen LogP contribution is -2.26. The van der Waals surface area contributed by atoms with Crippen molar-refractivity contribution in [2.45, 2.75) is 6.42 Å². The molecule has 0 atom stereocenters. The Balaban J connectivity index is 1.91. The summed E-state index contributed by atoms with van der Waals surface area (Å²) in [5.74, 6) is -2.05. The van der Waals surface area contributed by atoms with Gasteiger partial charge in [-0.2, -0.15) is 0 Å². The number of rotatable bonds is 4. The number of hydrogen-bond donors (Lipinski definition) is 2. The zero-order valence-electron chi connectivity index (χ0n) is 9.41. The van der Waals surface area contributed by atoms with Crippen LogP contribution in [0.3, 0.4) is 0 Å². The van der Waals surface area contributed by atoms with Crippen molar-refractivity contribution in [2.24, 2.45) is 0 Å². The van der Waals surface area contributed by atoms with E-state index in [2.05, 4.69) is 15.3 Å². The van der Waals surface area contributed by atoms with Crippen molar-refractivity contribution in [3.05, 3.63) is 53.6 Å². The Bertz CT molecular complexity index is 520. The first-order valence-corrected chi connectivity index (χ1v) is 5.36. The molecule has 0 aliphatic rings. The van der Waals surface area contributed by atoms with Gasteiger partial charge in [-0.1, -0.05) is 0 Å². The summed E-state index contributed by atoms with van der Waals surface area (Å²) in [6.45, 7) is 0.360. The summed E-state index contributed by atoms with van der Waals surface area (Å²) < 4.78 is 25.8. The second-order valence-electron chi connectivity index (χ2n) is 3.74. The van der Waals surface area contributed by atoms with Crippen LogP contribution in [0.4, 0.5) is 8.78 Å². The maximum atomic E-state index is 12.9. The molecular weight excluding hydrogens is 240 g/mol. The van der Waals surface area contributed by atoms with Gasteiger partial charge in [0.2, 0.25) is 0 Å². The molecular formula is C12H11F2N3O. The first kappa shape index (κ1) is 12.2. The number of halogens is 2. The van der Waals surface area contributed by atoms with Crippen LogP contribution in [0.15, 0.2) is 30.7 Å². The number of nitrogens with zero attached hydrogens (tertiary/aromatic N) is 1. The Labute approximate surface area is 102 Å². The molecule has 2 N–H and O–H groups in total. The summed E-state index contributed by atoms with van der Waals surface area (Å²) in [7, 11) is 0. The minimum Gasteiger partial charge on any atom is -0.352 e. The van der Waals surface area contributed by atoms with Crippen LogP contribution in [0, 0.1) is 11.6 Å². The molecule has 0 saturated heterocycles. The summed E-state index contributed by atoms with van der Waals surface area (Å²) in [5.41, 5.74) is 0.845. The molecule has 2 aromatic rings. The molecule has 94 valence electrons. The molecule has 1 heterocycles. The van der Waals surface area contributed by atoms with Crippen LogP contribution >= 0.6 is 0 Å². The van der Waals surface area contributed by atoms with Gasteiger partial charge in [-0.25, -0.2) is 13.8 Å². The summed E-state index contributed by atoms with van der Waals surface area (Å²) >= 11 is 0. The number of carbonyl (C=O) groups is 1. The Morgan fingerprint density at radius 1 is 1.28 bits per heavy atom. The van der Waals surface area contributed by atoms with E-state index in [0.29, 0.717) is 13.0 Å². The number of H-pyrrole nitrogens is 1. The van der Waals surface area contributed by atoms with Gasteiger partial charge in [0.15, 0.2) is 0 Å². The van der Waals surface area contributed by atoms with Crippen molar-refractivity contribution in [3.63, 3.8) is 0 Å². The minimum atomic E-state index is -0.770. The normalized spacial score (nSPS) is 10.3. The van der Waals surface area contributed by atoms with E-state index in [1.807, 2.05) is 0 Å². The van der Waals surface area contributed by atoms with Gasteiger partial charge in [0.1, 0.15) is 11.6 Å². The Hall–Kier alpha value is -2.24. The van der Waals surface area contributed by atoms with Gasteiger partial charge in [0.05, 0.1) is 6.33 Å². The number of hydrogen-bond acceptors (Lipinski definition) is 2. The van der Waals surface area contributed by atoms with Gasteiger partial charge >= 0.3 is 0 Å². The molecule has 6 heteroatoms. The topological polar surface area (TPSA) is 57.8 Å². The van der Waals surface area contributed by atoms with Crippen LogP contribution in [-0.4, -0.2) is 22.4 Å². The van der Waals surface area contributed by atoms with E-state index in [9.17, 15) is 13.6 Å². The summed E-state index contributed by atoms with van der Waals surface area (Å²) in [6.07, 6.45) is 3.76. The highest BCUT2D eigenvalue weighted by atomic mass is 19.1. The van der Waals surface area contributed by atoms with E-state index >= 15 is 0 Å². The maximum absolute atomic E-state index is 12.9. The molecule has 0 bridgehead atoms. The van der Waals surface area contributed by atoms with Crippen molar-refractivity contribution in [1.29, 1.82) is 0 Å². The highest BCUT2D eigenvalue weighted by Crippen LogP contribution is 2.07. The number of nitrogens with one attached hydrogen (secondary N) is 2. The third kappa shape index (κ3) is 3.13. The smallest absolute Gasteiger partial charge is 0.251 e. The van der Waals surface area contributed by atoms with Gasteiger partial charge < -0.3 is 10.3 Å². The van der Waals surface area contributed by atoms with Crippen LogP contribution in [0.2, 0.25) is 0 Å². The molecule has 0 radical (unpaired) electrons. The summed E-state index contributed by atoms with van der Waals surface area (Å²) in [4.78, 5) is 18.3. The molecule has 0 aliphatic heterocycles. The van der Waals surface area contributed by atoms with E-state index in [-0.39, 0.29) is 5.56 Å². The first-order chi connectivity index (χ1) is 8.65. The number of imidazole rings is 1. The SMILES string of the molecule is O=C(NCCc1cnc[nH]1)c1cc(F)cc(F)c1.